The van der Waals surface area contributed by atoms with E-state index in [-0.39, 0.29) is 6.42 Å². The van der Waals surface area contributed by atoms with Crippen LogP contribution in [0.1, 0.15) is 30.1 Å². The molecule has 0 saturated heterocycles. The van der Waals surface area contributed by atoms with Gasteiger partial charge in [-0.1, -0.05) is 6.07 Å². The predicted molar refractivity (Wildman–Crippen MR) is 59.4 cm³/mol. The maximum atomic E-state index is 10.6. The number of carboxylic acid groups (broad SMARTS) is 1. The molecule has 82 valence electrons. The van der Waals surface area contributed by atoms with Crippen molar-refractivity contribution in [1.82, 2.24) is 9.97 Å². The smallest absolute Gasteiger partial charge is 0.307 e. The monoisotopic (exact) mass is 216 g/mol. The van der Waals surface area contributed by atoms with E-state index >= 15 is 0 Å². The SMILES string of the molecule is O=C(O)Cc1ccc2nc(C3CC3)[nH]c2c1. The van der Waals surface area contributed by atoms with E-state index < -0.39 is 5.97 Å². The van der Waals surface area contributed by atoms with E-state index in [1.165, 1.54) is 12.8 Å². The van der Waals surface area contributed by atoms with Crippen LogP contribution in [0.25, 0.3) is 11.0 Å². The zero-order chi connectivity index (χ0) is 11.1. The van der Waals surface area contributed by atoms with Crippen LogP contribution in [0.15, 0.2) is 18.2 Å². The van der Waals surface area contributed by atoms with Crippen molar-refractivity contribution in [3.8, 4) is 0 Å². The van der Waals surface area contributed by atoms with Crippen LogP contribution < -0.4 is 0 Å². The molecule has 2 N–H and O–H groups in total. The number of nitrogens with one attached hydrogen (secondary N) is 1. The quantitative estimate of drug-likeness (QED) is 0.825. The van der Waals surface area contributed by atoms with Gasteiger partial charge in [0.1, 0.15) is 5.82 Å². The van der Waals surface area contributed by atoms with Crippen LogP contribution in [0.4, 0.5) is 0 Å². The molecule has 0 atom stereocenters. The molecule has 1 heterocycles. The Balaban J connectivity index is 1.99. The normalized spacial score (nSPS) is 15.5. The molecule has 3 rings (SSSR count). The lowest BCUT2D eigenvalue weighted by Gasteiger charge is -1.95. The third-order valence-electron chi connectivity index (χ3n) is 2.88. The Morgan fingerprint density at radius 2 is 2.31 bits per heavy atom. The van der Waals surface area contributed by atoms with Crippen molar-refractivity contribution in [1.29, 1.82) is 0 Å². The Labute approximate surface area is 92.3 Å². The van der Waals surface area contributed by atoms with Crippen LogP contribution in [0.2, 0.25) is 0 Å². The molecule has 1 saturated carbocycles. The number of benzene rings is 1. The number of rotatable bonds is 3. The van der Waals surface area contributed by atoms with Gasteiger partial charge in [-0.15, -0.1) is 0 Å². The number of fused-ring (bicyclic) bond motifs is 1. The second-order valence-corrected chi connectivity index (χ2v) is 4.32. The van der Waals surface area contributed by atoms with Crippen molar-refractivity contribution < 1.29 is 9.90 Å². The standard InChI is InChI=1S/C12H12N2O2/c15-11(16)6-7-1-4-9-10(5-7)14-12(13-9)8-2-3-8/h1,4-5,8H,2-3,6H2,(H,13,14)(H,15,16). The highest BCUT2D eigenvalue weighted by Crippen LogP contribution is 2.39. The summed E-state index contributed by atoms with van der Waals surface area (Å²) < 4.78 is 0. The summed E-state index contributed by atoms with van der Waals surface area (Å²) in [6.45, 7) is 0. The van der Waals surface area contributed by atoms with E-state index in [1.807, 2.05) is 18.2 Å². The van der Waals surface area contributed by atoms with Gasteiger partial charge >= 0.3 is 5.97 Å². The Hall–Kier alpha value is -1.84. The average molecular weight is 216 g/mol. The van der Waals surface area contributed by atoms with Crippen LogP contribution in [-0.4, -0.2) is 21.0 Å². The van der Waals surface area contributed by atoms with E-state index in [2.05, 4.69) is 9.97 Å². The third kappa shape index (κ3) is 1.66. The van der Waals surface area contributed by atoms with E-state index in [4.69, 9.17) is 5.11 Å². The van der Waals surface area contributed by atoms with Gasteiger partial charge in [0, 0.05) is 5.92 Å². The number of aromatic amines is 1. The van der Waals surface area contributed by atoms with Gasteiger partial charge in [0.25, 0.3) is 0 Å². The van der Waals surface area contributed by atoms with Crippen LogP contribution >= 0.6 is 0 Å². The second kappa shape index (κ2) is 3.33. The summed E-state index contributed by atoms with van der Waals surface area (Å²) in [7, 11) is 0. The fourth-order valence-corrected chi connectivity index (χ4v) is 1.91. The number of aliphatic carboxylic acids is 1. The lowest BCUT2D eigenvalue weighted by Crippen LogP contribution is -1.99. The zero-order valence-corrected chi connectivity index (χ0v) is 8.73. The summed E-state index contributed by atoms with van der Waals surface area (Å²) >= 11 is 0. The number of aromatic nitrogens is 2. The topological polar surface area (TPSA) is 66.0 Å². The summed E-state index contributed by atoms with van der Waals surface area (Å²) in [6.07, 6.45) is 2.48. The van der Waals surface area contributed by atoms with Crippen molar-refractivity contribution in [2.75, 3.05) is 0 Å². The first kappa shape index (κ1) is 9.39. The molecule has 0 radical (unpaired) electrons. The highest BCUT2D eigenvalue weighted by atomic mass is 16.4. The first-order valence-electron chi connectivity index (χ1n) is 5.43. The van der Waals surface area contributed by atoms with Crippen molar-refractivity contribution in [2.24, 2.45) is 0 Å². The number of hydrogen-bond donors (Lipinski definition) is 2. The number of carbonyl (C=O) groups is 1. The van der Waals surface area contributed by atoms with E-state index in [9.17, 15) is 4.79 Å². The minimum Gasteiger partial charge on any atom is -0.481 e. The summed E-state index contributed by atoms with van der Waals surface area (Å²) in [5.41, 5.74) is 2.68. The van der Waals surface area contributed by atoms with Gasteiger partial charge < -0.3 is 10.1 Å². The van der Waals surface area contributed by atoms with Crippen LogP contribution in [-0.2, 0) is 11.2 Å². The molecule has 1 fully saturated rings. The Morgan fingerprint density at radius 1 is 1.50 bits per heavy atom. The van der Waals surface area contributed by atoms with Gasteiger partial charge in [-0.2, -0.15) is 0 Å². The van der Waals surface area contributed by atoms with Gasteiger partial charge in [0.2, 0.25) is 0 Å². The molecule has 1 aromatic heterocycles. The Bertz CT molecular complexity index is 555. The summed E-state index contributed by atoms with van der Waals surface area (Å²) in [6, 6.07) is 5.59. The minimum absolute atomic E-state index is 0.0632. The molecule has 0 unspecified atom stereocenters. The molecule has 0 bridgehead atoms. The van der Waals surface area contributed by atoms with Gasteiger partial charge in [0.15, 0.2) is 0 Å². The molecule has 4 nitrogen and oxygen atoms in total. The molecule has 16 heavy (non-hydrogen) atoms. The Morgan fingerprint density at radius 3 is 3.00 bits per heavy atom. The van der Waals surface area contributed by atoms with Crippen molar-refractivity contribution in [3.05, 3.63) is 29.6 Å². The van der Waals surface area contributed by atoms with Crippen molar-refractivity contribution in [2.45, 2.75) is 25.2 Å². The predicted octanol–water partition coefficient (Wildman–Crippen LogP) is 2.07. The molecular formula is C12H12N2O2. The van der Waals surface area contributed by atoms with Crippen LogP contribution in [0.5, 0.6) is 0 Å². The molecule has 2 aromatic rings. The highest BCUT2D eigenvalue weighted by Gasteiger charge is 2.26. The molecular weight excluding hydrogens is 204 g/mol. The highest BCUT2D eigenvalue weighted by molar-refractivity contribution is 5.78. The van der Waals surface area contributed by atoms with Crippen molar-refractivity contribution >= 4 is 17.0 Å². The summed E-state index contributed by atoms with van der Waals surface area (Å²) in [5.74, 6) is 0.832. The third-order valence-corrected chi connectivity index (χ3v) is 2.88. The lowest BCUT2D eigenvalue weighted by atomic mass is 10.1. The number of nitrogens with zero attached hydrogens (tertiary/aromatic N) is 1. The minimum atomic E-state index is -0.804. The van der Waals surface area contributed by atoms with E-state index in [0.29, 0.717) is 5.92 Å². The Kier molecular flexibility index (Phi) is 1.96. The van der Waals surface area contributed by atoms with E-state index in [1.54, 1.807) is 0 Å². The first-order chi connectivity index (χ1) is 7.72. The van der Waals surface area contributed by atoms with Crippen LogP contribution in [0.3, 0.4) is 0 Å². The molecule has 1 aliphatic rings. The number of hydrogen-bond acceptors (Lipinski definition) is 2. The second-order valence-electron chi connectivity index (χ2n) is 4.32. The molecule has 1 aromatic carbocycles. The molecule has 0 aliphatic heterocycles. The first-order valence-corrected chi connectivity index (χ1v) is 5.43. The fraction of sp³-hybridized carbons (Fsp3) is 0.333. The molecule has 4 heteroatoms. The molecule has 0 amide bonds. The number of H-pyrrole nitrogens is 1. The molecule has 0 spiro atoms. The maximum absolute atomic E-state index is 10.6. The molecule has 1 aliphatic carbocycles. The maximum Gasteiger partial charge on any atom is 0.307 e. The van der Waals surface area contributed by atoms with Gasteiger partial charge in [-0.25, -0.2) is 4.98 Å². The summed E-state index contributed by atoms with van der Waals surface area (Å²) in [5, 5.41) is 8.72. The number of carboxylic acids is 1. The zero-order valence-electron chi connectivity index (χ0n) is 8.73. The average Bonchev–Trinajstić information content (AvgIpc) is 2.98. The van der Waals surface area contributed by atoms with Gasteiger partial charge in [0.05, 0.1) is 17.5 Å². The fourth-order valence-electron chi connectivity index (χ4n) is 1.91. The van der Waals surface area contributed by atoms with Gasteiger partial charge in [-0.05, 0) is 30.5 Å². The lowest BCUT2D eigenvalue weighted by molar-refractivity contribution is -0.136. The van der Waals surface area contributed by atoms with Gasteiger partial charge in [-0.3, -0.25) is 4.79 Å². The van der Waals surface area contributed by atoms with E-state index in [0.717, 1.165) is 22.4 Å². The van der Waals surface area contributed by atoms with Crippen molar-refractivity contribution in [3.63, 3.8) is 0 Å². The summed E-state index contributed by atoms with van der Waals surface area (Å²) in [4.78, 5) is 18.4. The largest absolute Gasteiger partial charge is 0.481 e. The number of imidazole rings is 1. The van der Waals surface area contributed by atoms with Crippen LogP contribution in [0, 0.1) is 0 Å².